The van der Waals surface area contributed by atoms with Gasteiger partial charge in [-0.2, -0.15) is 0 Å². The van der Waals surface area contributed by atoms with Crippen molar-refractivity contribution in [2.75, 3.05) is 13.7 Å². The molecule has 0 saturated carbocycles. The molecule has 0 aliphatic rings. The van der Waals surface area contributed by atoms with Gasteiger partial charge in [0.15, 0.2) is 11.6 Å². The summed E-state index contributed by atoms with van der Waals surface area (Å²) in [6.07, 6.45) is 1.54. The summed E-state index contributed by atoms with van der Waals surface area (Å²) in [5.74, 6) is -1.59. The summed E-state index contributed by atoms with van der Waals surface area (Å²) in [5, 5.41) is 0. The number of hydrogen-bond donors (Lipinski definition) is 0. The van der Waals surface area contributed by atoms with Gasteiger partial charge in [-0.25, -0.2) is 8.78 Å². The van der Waals surface area contributed by atoms with E-state index in [9.17, 15) is 8.78 Å². The molecule has 1 unspecified atom stereocenters. The van der Waals surface area contributed by atoms with E-state index in [-0.39, 0.29) is 4.83 Å². The summed E-state index contributed by atoms with van der Waals surface area (Å²) in [7, 11) is 1.63. The quantitative estimate of drug-likeness (QED) is 0.751. The molecule has 15 heavy (non-hydrogen) atoms. The van der Waals surface area contributed by atoms with Crippen molar-refractivity contribution < 1.29 is 13.5 Å². The van der Waals surface area contributed by atoms with Gasteiger partial charge in [0.1, 0.15) is 0 Å². The smallest absolute Gasteiger partial charge is 0.159 e. The lowest BCUT2D eigenvalue weighted by Crippen LogP contribution is -2.07. The Labute approximate surface area is 96.6 Å². The van der Waals surface area contributed by atoms with E-state index in [0.29, 0.717) is 13.0 Å². The third kappa shape index (κ3) is 4.26. The lowest BCUT2D eigenvalue weighted by Gasteiger charge is -2.08. The van der Waals surface area contributed by atoms with Gasteiger partial charge in [0.05, 0.1) is 6.61 Å². The maximum Gasteiger partial charge on any atom is 0.159 e. The summed E-state index contributed by atoms with van der Waals surface area (Å²) < 4.78 is 30.4. The van der Waals surface area contributed by atoms with Crippen LogP contribution in [0, 0.1) is 11.6 Å². The third-order valence-electron chi connectivity index (χ3n) is 2.08. The number of rotatable bonds is 5. The second kappa shape index (κ2) is 6.18. The van der Waals surface area contributed by atoms with Crippen LogP contribution in [0.5, 0.6) is 0 Å². The summed E-state index contributed by atoms with van der Waals surface area (Å²) in [6.45, 7) is 0.615. The van der Waals surface area contributed by atoms with E-state index in [4.69, 9.17) is 4.74 Å². The molecule has 4 heteroatoms. The van der Waals surface area contributed by atoms with Crippen molar-refractivity contribution in [3.63, 3.8) is 0 Å². The summed E-state index contributed by atoms with van der Waals surface area (Å²) in [4.78, 5) is 0.246. The first kappa shape index (κ1) is 12.6. The second-order valence-electron chi connectivity index (χ2n) is 3.34. The summed E-state index contributed by atoms with van der Waals surface area (Å²) >= 11 is 3.44. The van der Waals surface area contributed by atoms with Crippen LogP contribution in [0.3, 0.4) is 0 Å². The largest absolute Gasteiger partial charge is 0.384 e. The van der Waals surface area contributed by atoms with Gasteiger partial charge in [-0.1, -0.05) is 22.0 Å². The Balaban J connectivity index is 2.47. The Hall–Kier alpha value is -0.480. The number of aryl methyl sites for hydroxylation is 1. The standard InChI is InChI=1S/C11H13BrF2O/c1-15-7-9(12)4-2-8-3-5-10(13)11(14)6-8/h3,5-6,9H,2,4,7H2,1H3. The van der Waals surface area contributed by atoms with Crippen molar-refractivity contribution in [1.29, 1.82) is 0 Å². The Bertz CT molecular complexity index is 317. The average Bonchev–Trinajstić information content (AvgIpc) is 2.20. The fourth-order valence-corrected chi connectivity index (χ4v) is 1.78. The number of benzene rings is 1. The van der Waals surface area contributed by atoms with Crippen molar-refractivity contribution in [3.8, 4) is 0 Å². The van der Waals surface area contributed by atoms with Crippen molar-refractivity contribution in [2.45, 2.75) is 17.7 Å². The number of halogens is 3. The van der Waals surface area contributed by atoms with Crippen LogP contribution in [-0.4, -0.2) is 18.5 Å². The fraction of sp³-hybridized carbons (Fsp3) is 0.455. The molecule has 0 heterocycles. The molecule has 0 spiro atoms. The SMILES string of the molecule is COCC(Br)CCc1ccc(F)c(F)c1. The van der Waals surface area contributed by atoms with E-state index in [1.807, 2.05) is 0 Å². The van der Waals surface area contributed by atoms with E-state index in [0.717, 1.165) is 18.1 Å². The van der Waals surface area contributed by atoms with Gasteiger partial charge in [0.2, 0.25) is 0 Å². The zero-order valence-corrected chi connectivity index (χ0v) is 10.1. The summed E-state index contributed by atoms with van der Waals surface area (Å²) in [5.41, 5.74) is 0.800. The highest BCUT2D eigenvalue weighted by molar-refractivity contribution is 9.09. The topological polar surface area (TPSA) is 9.23 Å². The number of methoxy groups -OCH3 is 1. The molecule has 0 aliphatic heterocycles. The highest BCUT2D eigenvalue weighted by Crippen LogP contribution is 2.14. The van der Waals surface area contributed by atoms with Gasteiger partial charge in [-0.3, -0.25) is 0 Å². The fourth-order valence-electron chi connectivity index (χ4n) is 1.28. The highest BCUT2D eigenvalue weighted by atomic mass is 79.9. The number of hydrogen-bond acceptors (Lipinski definition) is 1. The van der Waals surface area contributed by atoms with Crippen molar-refractivity contribution >= 4 is 15.9 Å². The molecule has 1 atom stereocenters. The van der Waals surface area contributed by atoms with E-state index >= 15 is 0 Å². The molecule has 1 rings (SSSR count). The van der Waals surface area contributed by atoms with Crippen molar-refractivity contribution in [2.24, 2.45) is 0 Å². The molecule has 0 N–H and O–H groups in total. The monoisotopic (exact) mass is 278 g/mol. The molecular formula is C11H13BrF2O. The summed E-state index contributed by atoms with van der Waals surface area (Å²) in [6, 6.07) is 4.00. The molecule has 84 valence electrons. The molecule has 0 aliphatic carbocycles. The van der Waals surface area contributed by atoms with E-state index in [1.54, 1.807) is 13.2 Å². The maximum atomic E-state index is 12.8. The van der Waals surface area contributed by atoms with Gasteiger partial charge in [-0.15, -0.1) is 0 Å². The Kier molecular flexibility index (Phi) is 5.19. The first-order valence-electron chi connectivity index (χ1n) is 4.70. The van der Waals surface area contributed by atoms with Crippen LogP contribution in [0.15, 0.2) is 18.2 Å². The van der Waals surface area contributed by atoms with Crippen LogP contribution in [0.4, 0.5) is 8.78 Å². The third-order valence-corrected chi connectivity index (χ3v) is 2.80. The number of alkyl halides is 1. The van der Waals surface area contributed by atoms with Crippen molar-refractivity contribution in [3.05, 3.63) is 35.4 Å². The molecule has 1 nitrogen and oxygen atoms in total. The minimum Gasteiger partial charge on any atom is -0.384 e. The van der Waals surface area contributed by atoms with Gasteiger partial charge in [0.25, 0.3) is 0 Å². The zero-order chi connectivity index (χ0) is 11.3. The minimum atomic E-state index is -0.800. The van der Waals surface area contributed by atoms with Crippen LogP contribution in [0.2, 0.25) is 0 Å². The number of ether oxygens (including phenoxy) is 1. The van der Waals surface area contributed by atoms with Crippen LogP contribution >= 0.6 is 15.9 Å². The van der Waals surface area contributed by atoms with Gasteiger partial charge < -0.3 is 4.74 Å². The molecule has 0 saturated heterocycles. The van der Waals surface area contributed by atoms with Crippen LogP contribution in [0.25, 0.3) is 0 Å². The molecular weight excluding hydrogens is 266 g/mol. The predicted molar refractivity (Wildman–Crippen MR) is 59.3 cm³/mol. The van der Waals surface area contributed by atoms with Crippen LogP contribution < -0.4 is 0 Å². The van der Waals surface area contributed by atoms with Crippen LogP contribution in [0.1, 0.15) is 12.0 Å². The van der Waals surface area contributed by atoms with Crippen LogP contribution in [-0.2, 0) is 11.2 Å². The first-order chi connectivity index (χ1) is 7.13. The Morgan fingerprint density at radius 2 is 2.07 bits per heavy atom. The molecule has 0 amide bonds. The molecule has 0 radical (unpaired) electrons. The van der Waals surface area contributed by atoms with E-state index in [1.165, 1.54) is 6.07 Å². The Morgan fingerprint density at radius 3 is 2.67 bits per heavy atom. The minimum absolute atomic E-state index is 0.246. The van der Waals surface area contributed by atoms with E-state index in [2.05, 4.69) is 15.9 Å². The van der Waals surface area contributed by atoms with Gasteiger partial charge in [-0.05, 0) is 30.5 Å². The molecule has 0 aromatic heterocycles. The van der Waals surface area contributed by atoms with E-state index < -0.39 is 11.6 Å². The average molecular weight is 279 g/mol. The highest BCUT2D eigenvalue weighted by Gasteiger charge is 2.06. The normalized spacial score (nSPS) is 12.8. The second-order valence-corrected chi connectivity index (χ2v) is 4.63. The molecule has 1 aromatic rings. The lowest BCUT2D eigenvalue weighted by molar-refractivity contribution is 0.198. The molecule has 1 aromatic carbocycles. The zero-order valence-electron chi connectivity index (χ0n) is 8.47. The van der Waals surface area contributed by atoms with Crippen molar-refractivity contribution in [1.82, 2.24) is 0 Å². The predicted octanol–water partition coefficient (Wildman–Crippen LogP) is 3.31. The Morgan fingerprint density at radius 1 is 1.33 bits per heavy atom. The first-order valence-corrected chi connectivity index (χ1v) is 5.62. The molecule has 0 bridgehead atoms. The van der Waals surface area contributed by atoms with Gasteiger partial charge >= 0.3 is 0 Å². The maximum absolute atomic E-state index is 12.8. The lowest BCUT2D eigenvalue weighted by atomic mass is 10.1. The molecule has 0 fully saturated rings. The van der Waals surface area contributed by atoms with Gasteiger partial charge in [0, 0.05) is 11.9 Å².